The highest BCUT2D eigenvalue weighted by molar-refractivity contribution is 7.54. The van der Waals surface area contributed by atoms with Gasteiger partial charge in [-0.25, -0.2) is 0 Å². The van der Waals surface area contributed by atoms with Crippen molar-refractivity contribution in [1.29, 1.82) is 0 Å². The molecule has 2 unspecified atom stereocenters. The summed E-state index contributed by atoms with van der Waals surface area (Å²) in [6, 6.07) is -0.617. The van der Waals surface area contributed by atoms with Crippen molar-refractivity contribution in [3.05, 3.63) is 0 Å². The first-order valence-electron chi connectivity index (χ1n) is 11.9. The van der Waals surface area contributed by atoms with Crippen molar-refractivity contribution in [3.63, 3.8) is 0 Å². The molecule has 1 aliphatic carbocycles. The Labute approximate surface area is 197 Å². The smallest absolute Gasteiger partial charge is 0.340 e. The molecule has 0 spiro atoms. The molecule has 10 nitrogen and oxygen atoms in total. The summed E-state index contributed by atoms with van der Waals surface area (Å²) in [5, 5.41) is 5.62. The van der Waals surface area contributed by atoms with E-state index in [9.17, 15) is 18.9 Å². The van der Waals surface area contributed by atoms with Crippen molar-refractivity contribution < 1.29 is 32.7 Å². The molecular weight excluding hydrogens is 449 g/mol. The lowest BCUT2D eigenvalue weighted by atomic mass is 9.81. The zero-order valence-corrected chi connectivity index (χ0v) is 21.4. The van der Waals surface area contributed by atoms with E-state index in [0.717, 1.165) is 25.7 Å². The first-order valence-corrected chi connectivity index (χ1v) is 13.6. The number of carbonyl (C=O) groups excluding carboxylic acids is 3. The molecule has 1 aliphatic heterocycles. The lowest BCUT2D eigenvalue weighted by molar-refractivity contribution is -0.189. The van der Waals surface area contributed by atoms with Gasteiger partial charge in [-0.15, -0.1) is 0 Å². The van der Waals surface area contributed by atoms with Gasteiger partial charge in [-0.05, 0) is 33.6 Å². The highest BCUT2D eigenvalue weighted by Gasteiger charge is 2.48. The molecule has 0 radical (unpaired) electrons. The van der Waals surface area contributed by atoms with E-state index >= 15 is 0 Å². The number of nitrogens with zero attached hydrogens (tertiary/aromatic N) is 1. The maximum atomic E-state index is 13.3. The van der Waals surface area contributed by atoms with Crippen LogP contribution in [-0.2, 0) is 32.7 Å². The monoisotopic (exact) mass is 489 g/mol. The Morgan fingerprint density at radius 3 is 2.27 bits per heavy atom. The number of rotatable bonds is 10. The van der Waals surface area contributed by atoms with E-state index in [4.69, 9.17) is 13.8 Å². The number of amides is 3. The van der Waals surface area contributed by atoms with Crippen molar-refractivity contribution in [2.24, 2.45) is 5.41 Å². The number of hydrogen-bond donors (Lipinski definition) is 2. The van der Waals surface area contributed by atoms with Gasteiger partial charge in [0.25, 0.3) is 0 Å². The summed E-state index contributed by atoms with van der Waals surface area (Å²) >= 11 is 0. The van der Waals surface area contributed by atoms with Gasteiger partial charge in [-0.3, -0.25) is 18.9 Å². The number of nitrogens with one attached hydrogen (secondary N) is 2. The molecule has 3 amide bonds. The molecule has 2 rings (SSSR count). The summed E-state index contributed by atoms with van der Waals surface area (Å²) in [6.07, 6.45) is 4.12. The Hall–Kier alpha value is -1.48. The van der Waals surface area contributed by atoms with Crippen molar-refractivity contribution in [2.75, 3.05) is 32.5 Å². The van der Waals surface area contributed by atoms with Gasteiger partial charge >= 0.3 is 7.60 Å². The molecule has 1 saturated heterocycles. The van der Waals surface area contributed by atoms with Crippen LogP contribution < -0.4 is 10.6 Å². The van der Waals surface area contributed by atoms with E-state index in [1.54, 1.807) is 20.8 Å². The van der Waals surface area contributed by atoms with Gasteiger partial charge < -0.3 is 29.3 Å². The lowest BCUT2D eigenvalue weighted by Gasteiger charge is -2.48. The summed E-state index contributed by atoms with van der Waals surface area (Å²) in [5.41, 5.74) is -0.607. The van der Waals surface area contributed by atoms with E-state index in [0.29, 0.717) is 6.61 Å². The normalized spacial score (nSPS) is 23.7. The van der Waals surface area contributed by atoms with Gasteiger partial charge in [0.1, 0.15) is 18.4 Å². The third-order valence-corrected chi connectivity index (χ3v) is 8.00. The van der Waals surface area contributed by atoms with Gasteiger partial charge in [-0.1, -0.05) is 33.1 Å². The van der Waals surface area contributed by atoms with Crippen LogP contribution in [-0.4, -0.2) is 73.5 Å². The number of hydrogen-bond acceptors (Lipinski definition) is 7. The van der Waals surface area contributed by atoms with Crippen LogP contribution in [0.5, 0.6) is 0 Å². The molecule has 2 fully saturated rings. The van der Waals surface area contributed by atoms with Crippen LogP contribution in [0.4, 0.5) is 0 Å². The van der Waals surface area contributed by atoms with Gasteiger partial charge in [0.2, 0.25) is 17.7 Å². The fraction of sp³-hybridized carbons (Fsp3) is 0.864. The summed E-state index contributed by atoms with van der Waals surface area (Å²) in [5.74, 6) is -1.27. The fourth-order valence-corrected chi connectivity index (χ4v) is 5.96. The van der Waals surface area contributed by atoms with Crippen LogP contribution in [0.15, 0.2) is 0 Å². The zero-order chi connectivity index (χ0) is 24.6. The molecular formula is C22H40N3O7P. The van der Waals surface area contributed by atoms with Crippen molar-refractivity contribution in [3.8, 4) is 0 Å². The van der Waals surface area contributed by atoms with Crippen LogP contribution in [0.2, 0.25) is 0 Å². The molecule has 0 bridgehead atoms. The Kier molecular flexibility index (Phi) is 10.3. The first kappa shape index (κ1) is 27.8. The summed E-state index contributed by atoms with van der Waals surface area (Å²) in [7, 11) is -3.57. The lowest BCUT2D eigenvalue weighted by Crippen LogP contribution is -2.66. The molecule has 1 saturated carbocycles. The summed E-state index contributed by atoms with van der Waals surface area (Å²) < 4.78 is 28.6. The third kappa shape index (κ3) is 7.77. The first-order chi connectivity index (χ1) is 15.5. The van der Waals surface area contributed by atoms with Crippen LogP contribution in [0.25, 0.3) is 0 Å². The minimum Gasteiger partial charge on any atom is -0.358 e. The van der Waals surface area contributed by atoms with E-state index in [-0.39, 0.29) is 31.7 Å². The average Bonchev–Trinajstić information content (AvgIpc) is 2.74. The zero-order valence-electron chi connectivity index (χ0n) is 20.6. The van der Waals surface area contributed by atoms with E-state index in [1.165, 1.54) is 11.3 Å². The molecule has 0 aromatic rings. The molecule has 190 valence electrons. The van der Waals surface area contributed by atoms with Gasteiger partial charge in [0.05, 0.1) is 26.4 Å². The fourth-order valence-electron chi connectivity index (χ4n) is 4.46. The molecule has 33 heavy (non-hydrogen) atoms. The third-order valence-electron chi connectivity index (χ3n) is 6.02. The number of ether oxygens (including phenoxy) is 1. The molecule has 2 atom stereocenters. The maximum Gasteiger partial charge on any atom is 0.340 e. The Bertz CT molecular complexity index is 730. The molecule has 11 heteroatoms. The SMILES string of the molecule is CCOP(=O)(CC(=O)NCC(=O)N1C(C)OCC(C)(C)C1C(=O)NC1CCCCC1)OCC. The van der Waals surface area contributed by atoms with E-state index in [2.05, 4.69) is 10.6 Å². The van der Waals surface area contributed by atoms with Crippen molar-refractivity contribution >= 4 is 25.3 Å². The predicted molar refractivity (Wildman–Crippen MR) is 124 cm³/mol. The minimum atomic E-state index is -3.57. The van der Waals surface area contributed by atoms with Gasteiger partial charge in [0, 0.05) is 11.5 Å². The standard InChI is InChI=1S/C22H40N3O7P/c1-6-31-33(29,32-7-2)14-18(26)23-13-19(27)25-16(3)30-15-22(4,5)20(25)21(28)24-17-11-9-8-10-12-17/h16-17,20H,6-15H2,1-5H3,(H,23,26)(H,24,28). The Morgan fingerprint density at radius 1 is 1.09 bits per heavy atom. The summed E-state index contributed by atoms with van der Waals surface area (Å²) in [6.45, 7) is 9.07. The molecule has 0 aromatic carbocycles. The van der Waals surface area contributed by atoms with Gasteiger partial charge in [0.15, 0.2) is 0 Å². The largest absolute Gasteiger partial charge is 0.358 e. The highest BCUT2D eigenvalue weighted by Crippen LogP contribution is 2.47. The topological polar surface area (TPSA) is 123 Å². The summed E-state index contributed by atoms with van der Waals surface area (Å²) in [4.78, 5) is 40.2. The molecule has 2 aliphatic rings. The van der Waals surface area contributed by atoms with E-state index < -0.39 is 43.3 Å². The Balaban J connectivity index is 2.06. The van der Waals surface area contributed by atoms with Crippen LogP contribution in [0.3, 0.4) is 0 Å². The minimum absolute atomic E-state index is 0.114. The molecule has 0 aromatic heterocycles. The number of carbonyl (C=O) groups is 3. The quantitative estimate of drug-likeness (QED) is 0.452. The second-order valence-corrected chi connectivity index (χ2v) is 11.4. The Morgan fingerprint density at radius 2 is 1.70 bits per heavy atom. The highest BCUT2D eigenvalue weighted by atomic mass is 31.2. The average molecular weight is 490 g/mol. The predicted octanol–water partition coefficient (Wildman–Crippen LogP) is 2.42. The van der Waals surface area contributed by atoms with Gasteiger partial charge in [-0.2, -0.15) is 0 Å². The van der Waals surface area contributed by atoms with E-state index in [1.807, 2.05) is 13.8 Å². The molecule has 2 N–H and O–H groups in total. The van der Waals surface area contributed by atoms with Crippen LogP contribution >= 0.6 is 7.60 Å². The van der Waals surface area contributed by atoms with Crippen LogP contribution in [0.1, 0.15) is 66.7 Å². The maximum absolute atomic E-state index is 13.3. The second-order valence-electron chi connectivity index (χ2n) is 9.33. The van der Waals surface area contributed by atoms with Crippen LogP contribution in [0, 0.1) is 5.41 Å². The van der Waals surface area contributed by atoms with Crippen molar-refractivity contribution in [2.45, 2.75) is 85.0 Å². The second kappa shape index (κ2) is 12.3. The van der Waals surface area contributed by atoms with Crippen molar-refractivity contribution in [1.82, 2.24) is 15.5 Å². The molecule has 1 heterocycles.